The molecule has 38 heavy (non-hydrogen) atoms. The second-order valence-corrected chi connectivity index (χ2v) is 10.9. The lowest BCUT2D eigenvalue weighted by Crippen LogP contribution is -2.34. The van der Waals surface area contributed by atoms with E-state index in [-0.39, 0.29) is 11.2 Å². The van der Waals surface area contributed by atoms with Gasteiger partial charge in [-0.1, -0.05) is 69.3 Å². The van der Waals surface area contributed by atoms with Gasteiger partial charge in [-0.3, -0.25) is 4.98 Å². The molecular weight excluding hydrogens is 469 g/mol. The van der Waals surface area contributed by atoms with Crippen molar-refractivity contribution in [3.05, 3.63) is 89.7 Å². The van der Waals surface area contributed by atoms with E-state index in [1.165, 1.54) is 0 Å². The van der Waals surface area contributed by atoms with Crippen molar-refractivity contribution in [2.45, 2.75) is 26.2 Å². The molecule has 0 saturated carbocycles. The van der Waals surface area contributed by atoms with Crippen LogP contribution in [0.25, 0.3) is 55.1 Å². The minimum absolute atomic E-state index is 0.225. The van der Waals surface area contributed by atoms with Crippen molar-refractivity contribution in [1.82, 2.24) is 4.98 Å². The third-order valence-electron chi connectivity index (χ3n) is 7.38. The van der Waals surface area contributed by atoms with Crippen LogP contribution >= 0.6 is 0 Å². The number of benzene rings is 4. The van der Waals surface area contributed by atoms with Crippen LogP contribution in [0.15, 0.2) is 77.2 Å². The van der Waals surface area contributed by atoms with Gasteiger partial charge >= 0.3 is 0 Å². The molecule has 0 fully saturated rings. The number of aromatic nitrogens is 1. The largest absolute Gasteiger partial charge is 0.455 e. The van der Waals surface area contributed by atoms with Gasteiger partial charge in [0.25, 0.3) is 0 Å². The topological polar surface area (TPSA) is 49.8 Å². The van der Waals surface area contributed by atoms with Gasteiger partial charge in [-0.25, -0.2) is 4.39 Å². The number of nitrogens with zero attached hydrogens (tertiary/aromatic N) is 2. The lowest BCUT2D eigenvalue weighted by molar-refractivity contribution is 0.529. The van der Waals surface area contributed by atoms with Crippen LogP contribution in [-0.2, 0) is 5.41 Å². The lowest BCUT2D eigenvalue weighted by Gasteiger charge is -2.24. The number of furan rings is 1. The van der Waals surface area contributed by atoms with E-state index >= 15 is 4.39 Å². The number of pyridine rings is 1. The number of fused-ring (bicyclic) bond motifs is 4. The van der Waals surface area contributed by atoms with Gasteiger partial charge in [0.2, 0.25) is 0 Å². The molecule has 0 aliphatic carbocycles. The van der Waals surface area contributed by atoms with E-state index in [0.29, 0.717) is 39.0 Å². The summed E-state index contributed by atoms with van der Waals surface area (Å²) >= 11 is 0. The summed E-state index contributed by atoms with van der Waals surface area (Å²) < 4.78 is 22.3. The molecule has 0 aliphatic heterocycles. The summed E-state index contributed by atoms with van der Waals surface area (Å²) in [5.74, 6) is -0.225. The number of halogens is 1. The van der Waals surface area contributed by atoms with E-state index in [4.69, 9.17) is 9.40 Å². The Balaban J connectivity index is 1.66. The first-order chi connectivity index (χ1) is 18.2. The maximum absolute atomic E-state index is 15.7. The first-order valence-electron chi connectivity index (χ1n) is 12.7. The molecule has 3 nitrogen and oxygen atoms in total. The maximum atomic E-state index is 15.7. The zero-order valence-electron chi connectivity index (χ0n) is 22.1. The van der Waals surface area contributed by atoms with Crippen molar-refractivity contribution >= 4 is 59.5 Å². The Labute approximate surface area is 222 Å². The quantitative estimate of drug-likeness (QED) is 0.308. The molecule has 4 aromatic carbocycles. The highest BCUT2D eigenvalue weighted by molar-refractivity contribution is 6.38. The number of nitriles is 1. The second-order valence-electron chi connectivity index (χ2n) is 10.9. The summed E-state index contributed by atoms with van der Waals surface area (Å²) in [6, 6.07) is 26.3. The van der Waals surface area contributed by atoms with Crippen molar-refractivity contribution in [2.75, 3.05) is 0 Å². The third-order valence-corrected chi connectivity index (χ3v) is 7.38. The number of para-hydroxylation sites is 1. The lowest BCUT2D eigenvalue weighted by atomic mass is 9.76. The molecule has 0 radical (unpaired) electrons. The van der Waals surface area contributed by atoms with Crippen molar-refractivity contribution in [2.24, 2.45) is 0 Å². The predicted octanol–water partition coefficient (Wildman–Crippen LogP) is 5.29. The summed E-state index contributed by atoms with van der Waals surface area (Å²) in [5, 5.41) is 14.0. The molecule has 0 atom stereocenters. The highest BCUT2D eigenvalue weighted by Gasteiger charge is 2.26. The van der Waals surface area contributed by atoms with Gasteiger partial charge in [-0.15, -0.1) is 0 Å². The van der Waals surface area contributed by atoms with E-state index in [1.54, 1.807) is 7.85 Å². The maximum Gasteiger partial charge on any atom is 0.164 e. The minimum Gasteiger partial charge on any atom is -0.455 e. The molecule has 2 heterocycles. The van der Waals surface area contributed by atoms with Crippen molar-refractivity contribution in [3.8, 4) is 28.5 Å². The van der Waals surface area contributed by atoms with Crippen LogP contribution in [0.1, 0.15) is 31.9 Å². The highest BCUT2D eigenvalue weighted by Crippen LogP contribution is 2.41. The predicted molar refractivity (Wildman–Crippen MR) is 160 cm³/mol. The van der Waals surface area contributed by atoms with E-state index < -0.39 is 0 Å². The Morgan fingerprint density at radius 2 is 1.61 bits per heavy atom. The standard InChI is InChI=1S/C32H25B2FN2O/c1-32(2,3)25-27(35)26(33)28(37-31(25)34)23-10-6-9-21-22-14-13-20(16-36)24(30(22)38-29(21)23)19-12-11-17-7-4-5-8-18(17)15-19/h4-15H,33-34H2,1-3H3. The molecule has 0 unspecified atom stereocenters. The normalized spacial score (nSPS) is 11.9. The third kappa shape index (κ3) is 3.62. The summed E-state index contributed by atoms with van der Waals surface area (Å²) in [4.78, 5) is 4.89. The number of hydrogen-bond donors (Lipinski definition) is 0. The fourth-order valence-electron chi connectivity index (χ4n) is 5.66. The Morgan fingerprint density at radius 3 is 2.34 bits per heavy atom. The molecular formula is C32H25B2FN2O. The molecule has 6 aromatic rings. The molecule has 0 spiro atoms. The van der Waals surface area contributed by atoms with Gasteiger partial charge in [0.1, 0.15) is 24.8 Å². The highest BCUT2D eigenvalue weighted by atomic mass is 19.1. The first-order valence-corrected chi connectivity index (χ1v) is 12.7. The zero-order valence-corrected chi connectivity index (χ0v) is 22.1. The van der Waals surface area contributed by atoms with Crippen LogP contribution in [0.2, 0.25) is 0 Å². The molecule has 0 bridgehead atoms. The monoisotopic (exact) mass is 494 g/mol. The van der Waals surface area contributed by atoms with Gasteiger partial charge in [0.15, 0.2) is 7.85 Å². The van der Waals surface area contributed by atoms with Crippen LogP contribution in [-0.4, -0.2) is 20.7 Å². The van der Waals surface area contributed by atoms with Gasteiger partial charge in [-0.2, -0.15) is 5.26 Å². The average Bonchev–Trinajstić information content (AvgIpc) is 3.28. The molecule has 0 saturated heterocycles. The molecule has 0 amide bonds. The van der Waals surface area contributed by atoms with Crippen LogP contribution in [0.4, 0.5) is 4.39 Å². The van der Waals surface area contributed by atoms with Gasteiger partial charge in [-0.05, 0) is 51.5 Å². The Hall–Kier alpha value is -4.36. The van der Waals surface area contributed by atoms with Gasteiger partial charge in [0, 0.05) is 33.1 Å². The van der Waals surface area contributed by atoms with Crippen LogP contribution in [0.5, 0.6) is 0 Å². The minimum atomic E-state index is -0.363. The molecule has 6 rings (SSSR count). The van der Waals surface area contributed by atoms with Crippen LogP contribution in [0.3, 0.4) is 0 Å². The molecule has 0 N–H and O–H groups in total. The molecule has 6 heteroatoms. The Morgan fingerprint density at radius 1 is 0.868 bits per heavy atom. The van der Waals surface area contributed by atoms with Crippen LogP contribution < -0.4 is 11.1 Å². The van der Waals surface area contributed by atoms with Gasteiger partial charge in [0.05, 0.1) is 17.3 Å². The van der Waals surface area contributed by atoms with Crippen LogP contribution in [0, 0.1) is 17.1 Å². The van der Waals surface area contributed by atoms with Crippen molar-refractivity contribution in [3.63, 3.8) is 0 Å². The summed E-state index contributed by atoms with van der Waals surface area (Å²) in [6.45, 7) is 6.00. The van der Waals surface area contributed by atoms with Crippen molar-refractivity contribution < 1.29 is 8.81 Å². The zero-order chi connectivity index (χ0) is 26.8. The van der Waals surface area contributed by atoms with Gasteiger partial charge < -0.3 is 4.42 Å². The summed E-state index contributed by atoms with van der Waals surface area (Å²) in [7, 11) is 3.64. The molecule has 182 valence electrons. The SMILES string of the molecule is Bc1nc(-c2cccc3c2oc2c(-c4ccc5ccccc5c4)c(C#N)ccc23)c(B)c(F)c1C(C)(C)C. The smallest absolute Gasteiger partial charge is 0.164 e. The molecule has 0 aliphatic rings. The fraction of sp³-hybridized carbons (Fsp3) is 0.125. The second kappa shape index (κ2) is 8.60. The van der Waals surface area contributed by atoms with E-state index in [1.807, 2.05) is 77.1 Å². The number of rotatable bonds is 2. The Kier molecular flexibility index (Phi) is 5.43. The summed E-state index contributed by atoms with van der Waals surface area (Å²) in [5.41, 5.74) is 6.25. The first kappa shape index (κ1) is 24.0. The fourth-order valence-corrected chi connectivity index (χ4v) is 5.66. The summed E-state index contributed by atoms with van der Waals surface area (Å²) in [6.07, 6.45) is 0. The Bertz CT molecular complexity index is 1960. The molecule has 2 aromatic heterocycles. The van der Waals surface area contributed by atoms with E-state index in [2.05, 4.69) is 30.3 Å². The van der Waals surface area contributed by atoms with E-state index in [0.717, 1.165) is 38.2 Å². The van der Waals surface area contributed by atoms with E-state index in [9.17, 15) is 5.26 Å². The number of hydrogen-bond acceptors (Lipinski definition) is 3. The average molecular weight is 494 g/mol. The van der Waals surface area contributed by atoms with Crippen molar-refractivity contribution in [1.29, 1.82) is 5.26 Å².